The fourth-order valence-electron chi connectivity index (χ4n) is 0.697. The monoisotopic (exact) mass is 257 g/mol. The largest absolute Gasteiger partial charge is 0.358 e. The third kappa shape index (κ3) is 5.93. The van der Waals surface area contributed by atoms with Gasteiger partial charge in [0, 0.05) is 13.1 Å². The number of nitrogens with zero attached hydrogens (tertiary/aromatic N) is 1. The van der Waals surface area contributed by atoms with Crippen LogP contribution < -0.4 is 0 Å². The highest BCUT2D eigenvalue weighted by molar-refractivity contribution is 8.93. The van der Waals surface area contributed by atoms with Gasteiger partial charge < -0.3 is 4.90 Å². The molecule has 0 aromatic heterocycles. The van der Waals surface area contributed by atoms with Crippen molar-refractivity contribution in [1.82, 2.24) is 4.90 Å². The van der Waals surface area contributed by atoms with Crippen LogP contribution in [0.25, 0.3) is 0 Å². The Morgan fingerprint density at radius 1 is 1.27 bits per heavy atom. The van der Waals surface area contributed by atoms with Gasteiger partial charge in [-0.2, -0.15) is 0 Å². The SMILES string of the molecule is Br.CCSC(=S)N(CC)CC. The molecule has 0 aliphatic carbocycles. The molecule has 68 valence electrons. The molecular weight excluding hydrogens is 242 g/mol. The molecule has 0 aromatic carbocycles. The van der Waals surface area contributed by atoms with Crippen molar-refractivity contribution in [2.45, 2.75) is 20.8 Å². The van der Waals surface area contributed by atoms with Gasteiger partial charge in [0.15, 0.2) is 0 Å². The first-order valence-corrected chi connectivity index (χ1v) is 5.07. The van der Waals surface area contributed by atoms with E-state index in [1.165, 1.54) is 0 Å². The fourth-order valence-corrected chi connectivity index (χ4v) is 2.00. The lowest BCUT2D eigenvalue weighted by atomic mass is 10.6. The third-order valence-corrected chi connectivity index (χ3v) is 2.70. The minimum atomic E-state index is 0. The van der Waals surface area contributed by atoms with Gasteiger partial charge in [-0.05, 0) is 19.6 Å². The summed E-state index contributed by atoms with van der Waals surface area (Å²) >= 11 is 6.91. The predicted octanol–water partition coefficient (Wildman–Crippen LogP) is 2.94. The second-order valence-corrected chi connectivity index (χ2v) is 3.77. The van der Waals surface area contributed by atoms with E-state index in [1.807, 2.05) is 0 Å². The van der Waals surface area contributed by atoms with Crippen molar-refractivity contribution in [3.8, 4) is 0 Å². The summed E-state index contributed by atoms with van der Waals surface area (Å²) in [5.74, 6) is 1.08. The Morgan fingerprint density at radius 2 is 1.73 bits per heavy atom. The minimum Gasteiger partial charge on any atom is -0.358 e. The molecule has 0 bridgehead atoms. The summed E-state index contributed by atoms with van der Waals surface area (Å²) in [6.45, 7) is 8.45. The Balaban J connectivity index is 0. The molecule has 0 radical (unpaired) electrons. The molecule has 1 nitrogen and oxygen atoms in total. The van der Waals surface area contributed by atoms with Crippen molar-refractivity contribution in [1.29, 1.82) is 0 Å². The molecule has 0 aliphatic heterocycles. The van der Waals surface area contributed by atoms with E-state index in [4.69, 9.17) is 12.2 Å². The zero-order valence-corrected chi connectivity index (χ0v) is 10.6. The van der Waals surface area contributed by atoms with E-state index in [2.05, 4.69) is 25.7 Å². The lowest BCUT2D eigenvalue weighted by molar-refractivity contribution is 0.482. The van der Waals surface area contributed by atoms with Crippen molar-refractivity contribution in [3.63, 3.8) is 0 Å². The molecule has 0 amide bonds. The van der Waals surface area contributed by atoms with Gasteiger partial charge in [0.1, 0.15) is 4.32 Å². The van der Waals surface area contributed by atoms with Gasteiger partial charge in [-0.1, -0.05) is 30.9 Å². The van der Waals surface area contributed by atoms with E-state index < -0.39 is 0 Å². The minimum absolute atomic E-state index is 0. The molecule has 0 unspecified atom stereocenters. The Hall–Kier alpha value is 0.720. The highest BCUT2D eigenvalue weighted by Crippen LogP contribution is 2.07. The first-order chi connectivity index (χ1) is 4.76. The molecule has 0 saturated carbocycles. The second-order valence-electron chi connectivity index (χ2n) is 1.87. The van der Waals surface area contributed by atoms with Gasteiger partial charge in [0.05, 0.1) is 0 Å². The van der Waals surface area contributed by atoms with Gasteiger partial charge in [-0.25, -0.2) is 0 Å². The molecule has 4 heteroatoms. The first-order valence-electron chi connectivity index (χ1n) is 3.67. The Bertz CT molecular complexity index is 105. The van der Waals surface area contributed by atoms with Crippen molar-refractivity contribution in [2.75, 3.05) is 18.8 Å². The second kappa shape index (κ2) is 8.81. The molecule has 0 fully saturated rings. The van der Waals surface area contributed by atoms with Gasteiger partial charge in [0.25, 0.3) is 0 Å². The molecule has 0 rings (SSSR count). The summed E-state index contributed by atoms with van der Waals surface area (Å²) in [4.78, 5) is 2.20. The van der Waals surface area contributed by atoms with E-state index in [9.17, 15) is 0 Å². The lowest BCUT2D eigenvalue weighted by Gasteiger charge is -2.20. The van der Waals surface area contributed by atoms with Crippen molar-refractivity contribution in [2.24, 2.45) is 0 Å². The quantitative estimate of drug-likeness (QED) is 0.716. The molecule has 0 N–H and O–H groups in total. The Labute approximate surface area is 89.7 Å². The third-order valence-electron chi connectivity index (χ3n) is 1.29. The van der Waals surface area contributed by atoms with Crippen LogP contribution in [0.1, 0.15) is 20.8 Å². The summed E-state index contributed by atoms with van der Waals surface area (Å²) in [6.07, 6.45) is 0. The number of hydrogen-bond donors (Lipinski definition) is 0. The molecule has 0 saturated heterocycles. The Morgan fingerprint density at radius 3 is 2.00 bits per heavy atom. The summed E-state index contributed by atoms with van der Waals surface area (Å²) in [5, 5.41) is 0. The molecule has 0 aliphatic rings. The Kier molecular flexibility index (Phi) is 11.4. The van der Waals surface area contributed by atoms with Crippen LogP contribution in [0, 0.1) is 0 Å². The lowest BCUT2D eigenvalue weighted by Crippen LogP contribution is -2.26. The molecule has 0 spiro atoms. The van der Waals surface area contributed by atoms with Crippen molar-refractivity contribution >= 4 is 45.3 Å². The smallest absolute Gasteiger partial charge is 0.136 e. The van der Waals surface area contributed by atoms with E-state index in [-0.39, 0.29) is 17.0 Å². The number of thiocarbonyl (C=S) groups is 1. The highest BCUT2D eigenvalue weighted by Gasteiger charge is 2.02. The average molecular weight is 258 g/mol. The molecule has 11 heavy (non-hydrogen) atoms. The maximum Gasteiger partial charge on any atom is 0.136 e. The average Bonchev–Trinajstić information content (AvgIpc) is 1.91. The summed E-state index contributed by atoms with van der Waals surface area (Å²) in [7, 11) is 0. The van der Waals surface area contributed by atoms with Crippen LogP contribution in [0.2, 0.25) is 0 Å². The van der Waals surface area contributed by atoms with Crippen LogP contribution in [-0.4, -0.2) is 28.1 Å². The van der Waals surface area contributed by atoms with Gasteiger partial charge in [-0.15, -0.1) is 17.0 Å². The number of hydrogen-bond acceptors (Lipinski definition) is 2. The van der Waals surface area contributed by atoms with Gasteiger partial charge in [-0.3, -0.25) is 0 Å². The zero-order valence-electron chi connectivity index (χ0n) is 7.29. The van der Waals surface area contributed by atoms with E-state index in [1.54, 1.807) is 11.8 Å². The number of thioether (sulfide) groups is 1. The predicted molar refractivity (Wildman–Crippen MR) is 64.0 cm³/mol. The number of halogens is 1. The van der Waals surface area contributed by atoms with Crippen LogP contribution in [0.5, 0.6) is 0 Å². The summed E-state index contributed by atoms with van der Waals surface area (Å²) in [6, 6.07) is 0. The molecule has 0 aromatic rings. The molecule has 0 heterocycles. The standard InChI is InChI=1S/C7H15NS2.BrH/c1-4-8(5-2)7(9)10-6-3;/h4-6H2,1-3H3;1H. The fraction of sp³-hybridized carbons (Fsp3) is 0.857. The number of rotatable bonds is 3. The first kappa shape index (κ1) is 14.3. The zero-order chi connectivity index (χ0) is 7.98. The summed E-state index contributed by atoms with van der Waals surface area (Å²) < 4.78 is 1.03. The topological polar surface area (TPSA) is 3.24 Å². The maximum absolute atomic E-state index is 5.16. The van der Waals surface area contributed by atoms with Crippen LogP contribution in [0.3, 0.4) is 0 Å². The van der Waals surface area contributed by atoms with Crippen molar-refractivity contribution in [3.05, 3.63) is 0 Å². The molecule has 0 atom stereocenters. The van der Waals surface area contributed by atoms with Gasteiger partial charge >= 0.3 is 0 Å². The van der Waals surface area contributed by atoms with E-state index >= 15 is 0 Å². The highest BCUT2D eigenvalue weighted by atomic mass is 79.9. The van der Waals surface area contributed by atoms with E-state index in [0.29, 0.717) is 0 Å². The van der Waals surface area contributed by atoms with Crippen LogP contribution in [0.4, 0.5) is 0 Å². The van der Waals surface area contributed by atoms with Crippen LogP contribution in [0.15, 0.2) is 0 Å². The van der Waals surface area contributed by atoms with Crippen LogP contribution >= 0.6 is 41.0 Å². The summed E-state index contributed by atoms with van der Waals surface area (Å²) in [5.41, 5.74) is 0. The van der Waals surface area contributed by atoms with Crippen molar-refractivity contribution < 1.29 is 0 Å². The van der Waals surface area contributed by atoms with Crippen LogP contribution in [-0.2, 0) is 0 Å². The maximum atomic E-state index is 5.16. The normalized spacial score (nSPS) is 8.64. The van der Waals surface area contributed by atoms with Gasteiger partial charge in [0.2, 0.25) is 0 Å². The van der Waals surface area contributed by atoms with E-state index in [0.717, 1.165) is 23.2 Å². The molecular formula is C7H16BrNS2.